The van der Waals surface area contributed by atoms with Gasteiger partial charge in [0.25, 0.3) is 0 Å². The van der Waals surface area contributed by atoms with Gasteiger partial charge in [0, 0.05) is 11.3 Å². The molecule has 146 valence electrons. The highest BCUT2D eigenvalue weighted by molar-refractivity contribution is 6.74. The Bertz CT molecular complexity index is 498. The number of epoxide rings is 1. The molecule has 3 aliphatic rings. The van der Waals surface area contributed by atoms with Crippen molar-refractivity contribution in [3.8, 4) is 0 Å². The van der Waals surface area contributed by atoms with Crippen molar-refractivity contribution in [2.24, 2.45) is 29.1 Å². The zero-order chi connectivity index (χ0) is 18.8. The van der Waals surface area contributed by atoms with E-state index in [-0.39, 0.29) is 23.2 Å². The van der Waals surface area contributed by atoms with E-state index in [9.17, 15) is 5.11 Å². The summed E-state index contributed by atoms with van der Waals surface area (Å²) in [5.74, 6) is 2.59. The van der Waals surface area contributed by atoms with Crippen LogP contribution in [0.2, 0.25) is 18.1 Å². The standard InChI is InChI=1S/C21H40O3Si/c1-13(2)14-9-10-16(24-25(7,8)20(3,4)5)17-15(14)11-21(6,12-22)19-18(17)23-19/h13-19,22H,9-12H2,1-8H3/t14-,15-,16+,17-,18-,19-,21+/m1/s1. The summed E-state index contributed by atoms with van der Waals surface area (Å²) >= 11 is 0. The molecule has 0 unspecified atom stereocenters. The minimum atomic E-state index is -1.78. The molecule has 3 fully saturated rings. The van der Waals surface area contributed by atoms with E-state index < -0.39 is 8.32 Å². The van der Waals surface area contributed by atoms with Crippen molar-refractivity contribution in [3.05, 3.63) is 0 Å². The Balaban J connectivity index is 1.85. The quantitative estimate of drug-likeness (QED) is 0.570. The first-order valence-electron chi connectivity index (χ1n) is 10.4. The van der Waals surface area contributed by atoms with Gasteiger partial charge >= 0.3 is 0 Å². The predicted octanol–water partition coefficient (Wildman–Crippen LogP) is 4.84. The summed E-state index contributed by atoms with van der Waals surface area (Å²) in [5, 5.41) is 10.3. The van der Waals surface area contributed by atoms with E-state index in [0.29, 0.717) is 30.0 Å². The van der Waals surface area contributed by atoms with Crippen molar-refractivity contribution < 1.29 is 14.3 Å². The van der Waals surface area contributed by atoms with Gasteiger partial charge < -0.3 is 14.3 Å². The number of ether oxygens (including phenoxy) is 1. The molecule has 1 aliphatic heterocycles. The van der Waals surface area contributed by atoms with Gasteiger partial charge in [-0.15, -0.1) is 0 Å². The number of aliphatic hydroxyl groups is 1. The molecule has 2 saturated carbocycles. The van der Waals surface area contributed by atoms with E-state index in [1.54, 1.807) is 0 Å². The van der Waals surface area contributed by atoms with Gasteiger partial charge in [-0.2, -0.15) is 0 Å². The van der Waals surface area contributed by atoms with Gasteiger partial charge in [0.05, 0.1) is 24.9 Å². The van der Waals surface area contributed by atoms with Gasteiger partial charge in [-0.3, -0.25) is 0 Å². The van der Waals surface area contributed by atoms with Crippen LogP contribution in [0.25, 0.3) is 0 Å². The van der Waals surface area contributed by atoms with E-state index in [1.165, 1.54) is 12.8 Å². The number of fused-ring (bicyclic) bond motifs is 3. The van der Waals surface area contributed by atoms with Crippen molar-refractivity contribution in [2.45, 2.75) is 97.2 Å². The van der Waals surface area contributed by atoms with Gasteiger partial charge in [0.15, 0.2) is 8.32 Å². The average molecular weight is 369 g/mol. The molecule has 7 atom stereocenters. The highest BCUT2D eigenvalue weighted by Crippen LogP contribution is 2.60. The molecule has 1 saturated heterocycles. The van der Waals surface area contributed by atoms with E-state index in [0.717, 1.165) is 12.3 Å². The van der Waals surface area contributed by atoms with Crippen LogP contribution in [0.15, 0.2) is 0 Å². The maximum atomic E-state index is 10.0. The third-order valence-corrected chi connectivity index (χ3v) is 12.5. The molecule has 2 aliphatic carbocycles. The molecule has 3 nitrogen and oxygen atoms in total. The summed E-state index contributed by atoms with van der Waals surface area (Å²) in [6, 6.07) is 0. The van der Waals surface area contributed by atoms with Crippen LogP contribution in [0, 0.1) is 29.1 Å². The fourth-order valence-electron chi connectivity index (χ4n) is 5.37. The van der Waals surface area contributed by atoms with Gasteiger partial charge in [0.1, 0.15) is 0 Å². The van der Waals surface area contributed by atoms with Gasteiger partial charge in [-0.05, 0) is 55.1 Å². The highest BCUT2D eigenvalue weighted by Gasteiger charge is 2.65. The monoisotopic (exact) mass is 368 g/mol. The van der Waals surface area contributed by atoms with Crippen LogP contribution in [-0.4, -0.2) is 38.3 Å². The second-order valence-electron chi connectivity index (χ2n) is 11.2. The molecule has 0 aromatic rings. The van der Waals surface area contributed by atoms with Crippen LogP contribution in [-0.2, 0) is 9.16 Å². The van der Waals surface area contributed by atoms with Crippen LogP contribution in [0.3, 0.4) is 0 Å². The Morgan fingerprint density at radius 2 is 1.88 bits per heavy atom. The van der Waals surface area contributed by atoms with E-state index in [1.807, 2.05) is 0 Å². The van der Waals surface area contributed by atoms with Crippen molar-refractivity contribution >= 4 is 8.32 Å². The van der Waals surface area contributed by atoms with Crippen molar-refractivity contribution in [1.29, 1.82) is 0 Å². The molecule has 0 spiro atoms. The molecular weight excluding hydrogens is 328 g/mol. The topological polar surface area (TPSA) is 42.0 Å². The summed E-state index contributed by atoms with van der Waals surface area (Å²) in [6.07, 6.45) is 4.44. The van der Waals surface area contributed by atoms with E-state index in [4.69, 9.17) is 9.16 Å². The number of hydrogen-bond acceptors (Lipinski definition) is 3. The first-order valence-corrected chi connectivity index (χ1v) is 13.3. The number of rotatable bonds is 4. The predicted molar refractivity (Wildman–Crippen MR) is 105 cm³/mol. The average Bonchev–Trinajstić information content (AvgIpc) is 3.26. The molecule has 0 bridgehead atoms. The lowest BCUT2D eigenvalue weighted by atomic mass is 9.56. The van der Waals surface area contributed by atoms with Gasteiger partial charge in [0.2, 0.25) is 0 Å². The number of hydrogen-bond donors (Lipinski definition) is 1. The lowest BCUT2D eigenvalue weighted by molar-refractivity contribution is -0.0526. The normalized spacial score (nSPS) is 44.4. The summed E-state index contributed by atoms with van der Waals surface area (Å²) in [5.41, 5.74) is -0.0577. The van der Waals surface area contributed by atoms with Crippen LogP contribution in [0.4, 0.5) is 0 Å². The first-order chi connectivity index (χ1) is 11.4. The summed E-state index contributed by atoms with van der Waals surface area (Å²) < 4.78 is 13.1. The molecule has 0 aromatic heterocycles. The molecule has 0 aromatic carbocycles. The Morgan fingerprint density at radius 3 is 2.40 bits per heavy atom. The van der Waals surface area contributed by atoms with Crippen molar-refractivity contribution in [1.82, 2.24) is 0 Å². The lowest BCUT2D eigenvalue weighted by Crippen LogP contribution is -2.55. The molecular formula is C21H40O3Si. The molecule has 25 heavy (non-hydrogen) atoms. The maximum absolute atomic E-state index is 10.0. The summed E-state index contributed by atoms with van der Waals surface area (Å²) in [7, 11) is -1.78. The van der Waals surface area contributed by atoms with Crippen LogP contribution in [0.5, 0.6) is 0 Å². The van der Waals surface area contributed by atoms with E-state index >= 15 is 0 Å². The zero-order valence-corrected chi connectivity index (χ0v) is 18.6. The summed E-state index contributed by atoms with van der Waals surface area (Å²) in [4.78, 5) is 0. The highest BCUT2D eigenvalue weighted by atomic mass is 28.4. The fraction of sp³-hybridized carbons (Fsp3) is 1.00. The minimum Gasteiger partial charge on any atom is -0.414 e. The van der Waals surface area contributed by atoms with Gasteiger partial charge in [-0.25, -0.2) is 0 Å². The van der Waals surface area contributed by atoms with Crippen LogP contribution in [0.1, 0.15) is 60.8 Å². The van der Waals surface area contributed by atoms with Gasteiger partial charge in [-0.1, -0.05) is 41.5 Å². The Hall–Kier alpha value is 0.0969. The number of aliphatic hydroxyl groups excluding tert-OH is 1. The largest absolute Gasteiger partial charge is 0.414 e. The zero-order valence-electron chi connectivity index (χ0n) is 17.6. The molecule has 3 rings (SSSR count). The second kappa shape index (κ2) is 6.32. The Kier molecular flexibility index (Phi) is 5.02. The fourth-order valence-corrected chi connectivity index (χ4v) is 6.76. The smallest absolute Gasteiger partial charge is 0.192 e. The van der Waals surface area contributed by atoms with Crippen LogP contribution >= 0.6 is 0 Å². The van der Waals surface area contributed by atoms with Crippen molar-refractivity contribution in [3.63, 3.8) is 0 Å². The van der Waals surface area contributed by atoms with E-state index in [2.05, 4.69) is 54.6 Å². The molecule has 1 N–H and O–H groups in total. The first kappa shape index (κ1) is 19.8. The van der Waals surface area contributed by atoms with Crippen molar-refractivity contribution in [2.75, 3.05) is 6.61 Å². The minimum absolute atomic E-state index is 0.0577. The molecule has 0 radical (unpaired) electrons. The SMILES string of the molecule is CC(C)[C@H]1CC[C@H](O[Si](C)(C)C(C)(C)C)[C@H]2[C@@H]1C[C@@](C)(CO)[C@@H]1O[C@H]21. The molecule has 1 heterocycles. The maximum Gasteiger partial charge on any atom is 0.192 e. The van der Waals surface area contributed by atoms with Crippen LogP contribution < -0.4 is 0 Å². The molecule has 4 heteroatoms. The lowest BCUT2D eigenvalue weighted by Gasteiger charge is -2.52. The second-order valence-corrected chi connectivity index (χ2v) is 15.9. The Morgan fingerprint density at radius 1 is 1.24 bits per heavy atom. The third-order valence-electron chi connectivity index (χ3n) is 8.02. The summed E-state index contributed by atoms with van der Waals surface area (Å²) in [6.45, 7) is 19.0. The molecule has 0 amide bonds. The Labute approximate surface area is 156 Å². The third kappa shape index (κ3) is 3.37.